The maximum Gasteiger partial charge on any atom is 0.408 e. The van der Waals surface area contributed by atoms with Crippen molar-refractivity contribution >= 4 is 29.6 Å². The van der Waals surface area contributed by atoms with Gasteiger partial charge in [0.05, 0.1) is 17.7 Å². The lowest BCUT2D eigenvalue weighted by Gasteiger charge is -2.39. The average molecular weight is 595 g/mol. The van der Waals surface area contributed by atoms with Crippen LogP contribution in [0.25, 0.3) is 0 Å². The minimum atomic E-state index is -1.06. The average Bonchev–Trinajstić information content (AvgIpc) is 2.89. The third-order valence-corrected chi connectivity index (χ3v) is 6.81. The molecular weight excluding hydrogens is 540 g/mol. The summed E-state index contributed by atoms with van der Waals surface area (Å²) in [4.78, 5) is 67.8. The fourth-order valence-electron chi connectivity index (χ4n) is 4.91. The highest BCUT2D eigenvalue weighted by atomic mass is 16.6. The molecule has 0 aliphatic carbocycles. The van der Waals surface area contributed by atoms with E-state index in [-0.39, 0.29) is 19.5 Å². The van der Waals surface area contributed by atoms with Gasteiger partial charge in [0.1, 0.15) is 17.7 Å². The molecule has 1 aliphatic heterocycles. The number of ketones is 1. The number of Topliss-reactive ketones (excluding diaryl/α,β-unsaturated/α-hetero) is 1. The first-order valence-electron chi connectivity index (χ1n) is 14.9. The third-order valence-electron chi connectivity index (χ3n) is 6.81. The predicted octanol–water partition coefficient (Wildman–Crippen LogP) is 3.65. The van der Waals surface area contributed by atoms with Crippen LogP contribution in [0.4, 0.5) is 4.79 Å². The lowest BCUT2D eigenvalue weighted by atomic mass is 9.85. The summed E-state index contributed by atoms with van der Waals surface area (Å²) in [6.07, 6.45) is 2.59. The summed E-state index contributed by atoms with van der Waals surface area (Å²) in [5, 5.41) is 7.95. The number of carbonyl (C=O) groups excluding carboxylic acids is 5. The van der Waals surface area contributed by atoms with Gasteiger partial charge in [-0.25, -0.2) is 4.79 Å². The van der Waals surface area contributed by atoms with Gasteiger partial charge in [-0.1, -0.05) is 40.2 Å². The van der Waals surface area contributed by atoms with Crippen LogP contribution in [0.3, 0.4) is 0 Å². The van der Waals surface area contributed by atoms with E-state index in [4.69, 9.17) is 9.47 Å². The van der Waals surface area contributed by atoms with Crippen LogP contribution >= 0.6 is 0 Å². The first kappa shape index (κ1) is 37.1. The van der Waals surface area contributed by atoms with E-state index < -0.39 is 70.4 Å². The molecule has 0 saturated carbocycles. The second-order valence-corrected chi connectivity index (χ2v) is 13.7. The Kier molecular flexibility index (Phi) is 13.7. The molecule has 1 rings (SSSR count). The molecule has 0 aromatic heterocycles. The highest BCUT2D eigenvalue weighted by Gasteiger charge is 2.43. The molecule has 2 unspecified atom stereocenters. The van der Waals surface area contributed by atoms with Crippen LogP contribution in [-0.2, 0) is 28.7 Å². The van der Waals surface area contributed by atoms with Gasteiger partial charge in [-0.15, -0.1) is 6.58 Å². The number of nitrogens with one attached hydrogen (secondary N) is 3. The summed E-state index contributed by atoms with van der Waals surface area (Å²) in [7, 11) is 0. The molecule has 42 heavy (non-hydrogen) atoms. The van der Waals surface area contributed by atoms with Crippen molar-refractivity contribution in [1.82, 2.24) is 20.9 Å². The number of rotatable bonds is 10. The van der Waals surface area contributed by atoms with Gasteiger partial charge in [-0.05, 0) is 72.6 Å². The molecule has 0 aromatic rings. The van der Waals surface area contributed by atoms with Gasteiger partial charge < -0.3 is 30.3 Å². The van der Waals surface area contributed by atoms with E-state index in [1.165, 1.54) is 11.0 Å². The Bertz CT molecular complexity index is 981. The first-order valence-corrected chi connectivity index (χ1v) is 14.9. The number of nitrogens with zero attached hydrogens (tertiary/aromatic N) is 1. The lowest BCUT2D eigenvalue weighted by Crippen LogP contribution is -2.62. The van der Waals surface area contributed by atoms with Crippen molar-refractivity contribution in [3.05, 3.63) is 12.7 Å². The van der Waals surface area contributed by atoms with Gasteiger partial charge >= 0.3 is 6.09 Å². The molecule has 11 nitrogen and oxygen atoms in total. The molecule has 1 saturated heterocycles. The smallest absolute Gasteiger partial charge is 0.408 e. The molecule has 0 radical (unpaired) electrons. The van der Waals surface area contributed by atoms with Crippen LogP contribution in [0.1, 0.15) is 101 Å². The second kappa shape index (κ2) is 15.5. The minimum Gasteiger partial charge on any atom is -0.444 e. The Labute approximate surface area is 251 Å². The fourth-order valence-corrected chi connectivity index (χ4v) is 4.91. The van der Waals surface area contributed by atoms with Gasteiger partial charge in [0, 0.05) is 13.1 Å². The third kappa shape index (κ3) is 12.1. The molecule has 1 heterocycles. The SMILES string of the molecule is C=CCNC(=O)C(=O)C(CCC)NC(=O)[C@@H]1CCCC(C)(C)OC(C)CN1C(=O)[C@@H](NC(=O)OC(C)(C)C)C(C)(C)C. The van der Waals surface area contributed by atoms with E-state index in [2.05, 4.69) is 22.5 Å². The van der Waals surface area contributed by atoms with E-state index in [1.54, 1.807) is 20.8 Å². The minimum absolute atomic E-state index is 0.0785. The van der Waals surface area contributed by atoms with Gasteiger partial charge in [-0.3, -0.25) is 19.2 Å². The van der Waals surface area contributed by atoms with Crippen molar-refractivity contribution in [2.75, 3.05) is 13.1 Å². The Morgan fingerprint density at radius 1 is 1.10 bits per heavy atom. The van der Waals surface area contributed by atoms with Crippen LogP contribution in [0.5, 0.6) is 0 Å². The summed E-state index contributed by atoms with van der Waals surface area (Å²) < 4.78 is 11.7. The molecular formula is C31H54N4O7. The molecule has 240 valence electrons. The number of hydrogen-bond donors (Lipinski definition) is 3. The number of carbonyl (C=O) groups is 5. The summed E-state index contributed by atoms with van der Waals surface area (Å²) in [6.45, 7) is 22.0. The van der Waals surface area contributed by atoms with Crippen molar-refractivity contribution in [3.8, 4) is 0 Å². The largest absolute Gasteiger partial charge is 0.444 e. The van der Waals surface area contributed by atoms with E-state index in [0.29, 0.717) is 25.7 Å². The molecule has 0 spiro atoms. The van der Waals surface area contributed by atoms with Crippen LogP contribution in [0.15, 0.2) is 12.7 Å². The molecule has 0 bridgehead atoms. The maximum absolute atomic E-state index is 14.3. The van der Waals surface area contributed by atoms with Crippen molar-refractivity contribution in [2.24, 2.45) is 5.41 Å². The van der Waals surface area contributed by atoms with Gasteiger partial charge in [0.2, 0.25) is 17.6 Å². The summed E-state index contributed by atoms with van der Waals surface area (Å²) in [5.41, 5.74) is -1.99. The molecule has 3 N–H and O–H groups in total. The van der Waals surface area contributed by atoms with E-state index in [1.807, 2.05) is 48.5 Å². The Balaban J connectivity index is 3.48. The zero-order chi connectivity index (χ0) is 32.5. The molecule has 1 aliphatic rings. The monoisotopic (exact) mass is 594 g/mol. The van der Waals surface area contributed by atoms with Crippen LogP contribution < -0.4 is 16.0 Å². The normalized spacial score (nSPS) is 21.0. The Morgan fingerprint density at radius 2 is 1.71 bits per heavy atom. The topological polar surface area (TPSA) is 143 Å². The van der Waals surface area contributed by atoms with Gasteiger partial charge in [-0.2, -0.15) is 0 Å². The van der Waals surface area contributed by atoms with Crippen molar-refractivity contribution < 1.29 is 33.4 Å². The van der Waals surface area contributed by atoms with Gasteiger partial charge in [0.25, 0.3) is 5.91 Å². The fraction of sp³-hybridized carbons (Fsp3) is 0.774. The molecule has 4 amide bonds. The second-order valence-electron chi connectivity index (χ2n) is 13.7. The van der Waals surface area contributed by atoms with Crippen LogP contribution in [-0.4, -0.2) is 83.0 Å². The van der Waals surface area contributed by atoms with Crippen molar-refractivity contribution in [1.29, 1.82) is 0 Å². The number of amides is 4. The zero-order valence-electron chi connectivity index (χ0n) is 27.3. The van der Waals surface area contributed by atoms with E-state index in [0.717, 1.165) is 0 Å². The highest BCUT2D eigenvalue weighted by Crippen LogP contribution is 2.28. The van der Waals surface area contributed by atoms with Gasteiger partial charge in [0.15, 0.2) is 0 Å². The standard InChI is InChI=1S/C31H54N4O7/c1-12-15-21(23(36)26(38)32-18-13-2)33-25(37)22-16-14-17-31(10,11)41-20(3)19-35(22)27(39)24(29(4,5)6)34-28(40)42-30(7,8)9/h13,20-22,24H,2,12,14-19H2,1,3-11H3,(H,32,38)(H,33,37)(H,34,40)/t20?,21?,22-,24+/m0/s1. The first-order chi connectivity index (χ1) is 19.2. The summed E-state index contributed by atoms with van der Waals surface area (Å²) in [5.74, 6) is -2.58. The Morgan fingerprint density at radius 3 is 2.24 bits per heavy atom. The Hall–Kier alpha value is -2.95. The highest BCUT2D eigenvalue weighted by molar-refractivity contribution is 6.38. The number of hydrogen-bond acceptors (Lipinski definition) is 7. The van der Waals surface area contributed by atoms with Crippen molar-refractivity contribution in [3.63, 3.8) is 0 Å². The van der Waals surface area contributed by atoms with Crippen LogP contribution in [0, 0.1) is 5.41 Å². The number of ether oxygens (including phenoxy) is 2. The zero-order valence-corrected chi connectivity index (χ0v) is 27.3. The predicted molar refractivity (Wildman–Crippen MR) is 162 cm³/mol. The number of alkyl carbamates (subject to hydrolysis) is 1. The molecule has 4 atom stereocenters. The van der Waals surface area contributed by atoms with E-state index >= 15 is 0 Å². The maximum atomic E-state index is 14.3. The summed E-state index contributed by atoms with van der Waals surface area (Å²) >= 11 is 0. The van der Waals surface area contributed by atoms with E-state index in [9.17, 15) is 24.0 Å². The lowest BCUT2D eigenvalue weighted by molar-refractivity contribution is -0.148. The summed E-state index contributed by atoms with van der Waals surface area (Å²) in [6, 6.07) is -3.05. The molecule has 11 heteroatoms. The van der Waals surface area contributed by atoms with Crippen molar-refractivity contribution in [2.45, 2.75) is 137 Å². The molecule has 0 aromatic carbocycles. The van der Waals surface area contributed by atoms with Crippen LogP contribution in [0.2, 0.25) is 0 Å². The molecule has 1 fully saturated rings. The quantitative estimate of drug-likeness (QED) is 0.259.